The van der Waals surface area contributed by atoms with Crippen molar-refractivity contribution in [1.82, 2.24) is 4.98 Å². The molecular weight excluding hydrogens is 354 g/mol. The number of aromatic nitrogens is 1. The second-order valence-corrected chi connectivity index (χ2v) is 5.50. The van der Waals surface area contributed by atoms with Crippen molar-refractivity contribution in [3.8, 4) is 0 Å². The number of hydrogen-bond donors (Lipinski definition) is 1. The Hall–Kier alpha value is -2.11. The molecule has 0 aliphatic carbocycles. The van der Waals surface area contributed by atoms with E-state index in [9.17, 15) is 9.18 Å². The standard InChI is InChI=1S/C17H15Cl2FN2O2/c1-2-24-17(23)12(10-21-13-6-4-3-5-7-13)8-11-9-14(20)16(19)22-15(11)18/h3-7,9-10,21H,2,8H2,1H3. The first-order chi connectivity index (χ1) is 11.5. The van der Waals surface area contributed by atoms with Gasteiger partial charge in [0.15, 0.2) is 11.0 Å². The average molecular weight is 369 g/mol. The first-order valence-electron chi connectivity index (χ1n) is 7.19. The van der Waals surface area contributed by atoms with Crippen LogP contribution in [0.3, 0.4) is 0 Å². The van der Waals surface area contributed by atoms with Crippen molar-refractivity contribution in [3.05, 3.63) is 69.9 Å². The van der Waals surface area contributed by atoms with Crippen molar-refractivity contribution in [1.29, 1.82) is 0 Å². The molecule has 0 radical (unpaired) electrons. The van der Waals surface area contributed by atoms with E-state index < -0.39 is 11.8 Å². The van der Waals surface area contributed by atoms with E-state index in [0.29, 0.717) is 5.56 Å². The summed E-state index contributed by atoms with van der Waals surface area (Å²) in [6.07, 6.45) is 1.56. The lowest BCUT2D eigenvalue weighted by atomic mass is 10.1. The topological polar surface area (TPSA) is 51.2 Å². The van der Waals surface area contributed by atoms with Gasteiger partial charge in [-0.1, -0.05) is 41.4 Å². The summed E-state index contributed by atoms with van der Waals surface area (Å²) in [5, 5.41) is 2.73. The number of pyridine rings is 1. The molecule has 1 aromatic heterocycles. The smallest absolute Gasteiger partial charge is 0.335 e. The van der Waals surface area contributed by atoms with Gasteiger partial charge in [-0.3, -0.25) is 0 Å². The molecule has 0 saturated carbocycles. The summed E-state index contributed by atoms with van der Waals surface area (Å²) in [5.74, 6) is -1.22. The molecule has 126 valence electrons. The molecule has 24 heavy (non-hydrogen) atoms. The molecule has 0 spiro atoms. The Balaban J connectivity index is 2.26. The molecule has 0 saturated heterocycles. The van der Waals surface area contributed by atoms with Crippen LogP contribution >= 0.6 is 23.2 Å². The van der Waals surface area contributed by atoms with Crippen LogP contribution in [0.25, 0.3) is 0 Å². The van der Waals surface area contributed by atoms with Gasteiger partial charge < -0.3 is 10.1 Å². The van der Waals surface area contributed by atoms with Gasteiger partial charge >= 0.3 is 5.97 Å². The van der Waals surface area contributed by atoms with E-state index in [1.165, 1.54) is 6.20 Å². The van der Waals surface area contributed by atoms with Crippen LogP contribution in [0.1, 0.15) is 12.5 Å². The number of para-hydroxylation sites is 1. The normalized spacial score (nSPS) is 11.2. The minimum absolute atomic E-state index is 0.0382. The molecule has 0 aliphatic rings. The van der Waals surface area contributed by atoms with Crippen LogP contribution in [-0.4, -0.2) is 17.6 Å². The van der Waals surface area contributed by atoms with E-state index in [1.807, 2.05) is 30.3 Å². The molecule has 0 fully saturated rings. The van der Waals surface area contributed by atoms with Crippen LogP contribution in [0, 0.1) is 5.82 Å². The van der Waals surface area contributed by atoms with Gasteiger partial charge in [0.2, 0.25) is 0 Å². The number of anilines is 1. The van der Waals surface area contributed by atoms with Crippen molar-refractivity contribution in [2.24, 2.45) is 0 Å². The highest BCUT2D eigenvalue weighted by Crippen LogP contribution is 2.23. The second-order valence-electron chi connectivity index (χ2n) is 4.79. The molecule has 1 heterocycles. The highest BCUT2D eigenvalue weighted by Gasteiger charge is 2.16. The monoisotopic (exact) mass is 368 g/mol. The largest absolute Gasteiger partial charge is 0.463 e. The minimum atomic E-state index is -0.699. The Kier molecular flexibility index (Phi) is 6.58. The van der Waals surface area contributed by atoms with Crippen molar-refractivity contribution in [3.63, 3.8) is 0 Å². The molecule has 0 unspecified atom stereocenters. The highest BCUT2D eigenvalue weighted by atomic mass is 35.5. The Morgan fingerprint density at radius 3 is 2.67 bits per heavy atom. The van der Waals surface area contributed by atoms with E-state index >= 15 is 0 Å². The molecule has 0 aliphatic heterocycles. The molecule has 0 amide bonds. The van der Waals surface area contributed by atoms with Crippen molar-refractivity contribution in [2.75, 3.05) is 11.9 Å². The molecule has 2 rings (SSSR count). The minimum Gasteiger partial charge on any atom is -0.463 e. The van der Waals surface area contributed by atoms with Gasteiger partial charge in [-0.15, -0.1) is 0 Å². The molecule has 0 atom stereocenters. The van der Waals surface area contributed by atoms with Crippen LogP contribution in [0.4, 0.5) is 10.1 Å². The molecular formula is C17H15Cl2FN2O2. The molecule has 1 aromatic carbocycles. The maximum Gasteiger partial charge on any atom is 0.335 e. The first kappa shape index (κ1) is 18.2. The zero-order valence-electron chi connectivity index (χ0n) is 12.9. The number of carbonyl (C=O) groups excluding carboxylic acids is 1. The molecule has 1 N–H and O–H groups in total. The van der Waals surface area contributed by atoms with Crippen LogP contribution in [-0.2, 0) is 16.0 Å². The Morgan fingerprint density at radius 2 is 2.00 bits per heavy atom. The average Bonchev–Trinajstić information content (AvgIpc) is 2.57. The molecule has 0 bridgehead atoms. The third-order valence-corrected chi connectivity index (χ3v) is 3.66. The van der Waals surface area contributed by atoms with Gasteiger partial charge in [0, 0.05) is 18.3 Å². The molecule has 4 nitrogen and oxygen atoms in total. The predicted octanol–water partition coefficient (Wildman–Crippen LogP) is 4.63. The number of nitrogens with one attached hydrogen (secondary N) is 1. The number of esters is 1. The highest BCUT2D eigenvalue weighted by molar-refractivity contribution is 6.33. The Labute approximate surface area is 149 Å². The number of nitrogens with zero attached hydrogens (tertiary/aromatic N) is 1. The lowest BCUT2D eigenvalue weighted by Crippen LogP contribution is -2.12. The summed E-state index contributed by atoms with van der Waals surface area (Å²) >= 11 is 11.6. The maximum atomic E-state index is 13.6. The fourth-order valence-corrected chi connectivity index (χ4v) is 2.31. The summed E-state index contributed by atoms with van der Waals surface area (Å²) in [4.78, 5) is 15.8. The van der Waals surface area contributed by atoms with Crippen molar-refractivity contribution < 1.29 is 13.9 Å². The Bertz CT molecular complexity index is 752. The number of hydrogen-bond acceptors (Lipinski definition) is 4. The van der Waals surface area contributed by atoms with E-state index in [1.54, 1.807) is 6.92 Å². The summed E-state index contributed by atoms with van der Waals surface area (Å²) in [6.45, 7) is 1.93. The molecule has 2 aromatic rings. The zero-order valence-corrected chi connectivity index (χ0v) is 14.4. The van der Waals surface area contributed by atoms with Crippen LogP contribution in [0.5, 0.6) is 0 Å². The van der Waals surface area contributed by atoms with Gasteiger partial charge in [0.25, 0.3) is 0 Å². The summed E-state index contributed by atoms with van der Waals surface area (Å²) in [6, 6.07) is 10.4. The summed E-state index contributed by atoms with van der Waals surface area (Å²) < 4.78 is 18.6. The van der Waals surface area contributed by atoms with Crippen LogP contribution in [0.2, 0.25) is 10.3 Å². The summed E-state index contributed by atoms with van der Waals surface area (Å²) in [5.41, 5.74) is 1.42. The van der Waals surface area contributed by atoms with Crippen LogP contribution in [0.15, 0.2) is 48.2 Å². The lowest BCUT2D eigenvalue weighted by molar-refractivity contribution is -0.138. The first-order valence-corrected chi connectivity index (χ1v) is 7.95. The van der Waals surface area contributed by atoms with Gasteiger partial charge in [-0.2, -0.15) is 0 Å². The van der Waals surface area contributed by atoms with E-state index in [0.717, 1.165) is 11.8 Å². The number of rotatable bonds is 6. The second kappa shape index (κ2) is 8.66. The molecule has 7 heteroatoms. The fraction of sp³-hybridized carbons (Fsp3) is 0.176. The van der Waals surface area contributed by atoms with Crippen molar-refractivity contribution >= 4 is 34.9 Å². The predicted molar refractivity (Wildman–Crippen MR) is 92.7 cm³/mol. The lowest BCUT2D eigenvalue weighted by Gasteiger charge is -2.10. The van der Waals surface area contributed by atoms with Crippen LogP contribution < -0.4 is 5.32 Å². The SMILES string of the molecule is CCOC(=O)C(=CNc1ccccc1)Cc1cc(F)c(Cl)nc1Cl. The number of benzene rings is 1. The van der Waals surface area contributed by atoms with Gasteiger partial charge in [0.1, 0.15) is 5.15 Å². The van der Waals surface area contributed by atoms with E-state index in [4.69, 9.17) is 27.9 Å². The maximum absolute atomic E-state index is 13.6. The summed E-state index contributed by atoms with van der Waals surface area (Å²) in [7, 11) is 0. The fourth-order valence-electron chi connectivity index (χ4n) is 1.92. The quantitative estimate of drug-likeness (QED) is 0.458. The zero-order chi connectivity index (χ0) is 17.5. The van der Waals surface area contributed by atoms with E-state index in [-0.39, 0.29) is 28.9 Å². The Morgan fingerprint density at radius 1 is 1.29 bits per heavy atom. The van der Waals surface area contributed by atoms with Crippen molar-refractivity contribution in [2.45, 2.75) is 13.3 Å². The number of ether oxygens (including phenoxy) is 1. The number of halogens is 3. The number of carbonyl (C=O) groups is 1. The van der Waals surface area contributed by atoms with E-state index in [2.05, 4.69) is 10.3 Å². The van der Waals surface area contributed by atoms with Gasteiger partial charge in [-0.25, -0.2) is 14.2 Å². The van der Waals surface area contributed by atoms with Gasteiger partial charge in [0.05, 0.1) is 12.2 Å². The third-order valence-electron chi connectivity index (χ3n) is 3.06. The third kappa shape index (κ3) is 4.94. The van der Waals surface area contributed by atoms with Gasteiger partial charge in [-0.05, 0) is 30.7 Å².